The number of hydrogen-bond acceptors (Lipinski definition) is 3. The molecule has 94 valence electrons. The van der Waals surface area contributed by atoms with Gasteiger partial charge in [0.1, 0.15) is 5.84 Å². The summed E-state index contributed by atoms with van der Waals surface area (Å²) in [6.07, 6.45) is 0.964. The molecule has 1 aromatic rings. The number of nitrogens with two attached hydrogens (primary N) is 1. The molecule has 3 N–H and O–H groups in total. The van der Waals surface area contributed by atoms with Crippen LogP contribution in [0.5, 0.6) is 5.88 Å². The maximum Gasteiger partial charge on any atom is 0.224 e. The molecule has 0 aliphatic heterocycles. The highest BCUT2D eigenvalue weighted by Crippen LogP contribution is 2.20. The maximum absolute atomic E-state index is 7.57. The van der Waals surface area contributed by atoms with E-state index in [1.165, 1.54) is 0 Å². The van der Waals surface area contributed by atoms with Crippen LogP contribution in [0.3, 0.4) is 0 Å². The molecule has 0 amide bonds. The Hall–Kier alpha value is -1.58. The molecule has 0 aliphatic carbocycles. The Bertz CT molecular complexity index is 413. The van der Waals surface area contributed by atoms with Crippen molar-refractivity contribution in [3.05, 3.63) is 22.9 Å². The minimum Gasteiger partial charge on any atom is -0.477 e. The number of nitrogens with zero attached hydrogens (tertiary/aromatic N) is 1. The molecular weight excluding hydrogens is 214 g/mol. The number of rotatable bonds is 5. The van der Waals surface area contributed by atoms with Crippen LogP contribution < -0.4 is 10.5 Å². The first-order chi connectivity index (χ1) is 7.91. The van der Waals surface area contributed by atoms with Gasteiger partial charge in [0.05, 0.1) is 12.2 Å². The molecule has 0 saturated carbocycles. The van der Waals surface area contributed by atoms with Gasteiger partial charge in [0.2, 0.25) is 5.88 Å². The van der Waals surface area contributed by atoms with Gasteiger partial charge in [0.25, 0.3) is 0 Å². The molecule has 0 atom stereocenters. The zero-order chi connectivity index (χ0) is 13.0. The van der Waals surface area contributed by atoms with Gasteiger partial charge in [-0.05, 0) is 37.8 Å². The molecule has 0 aliphatic rings. The second-order valence-electron chi connectivity index (χ2n) is 4.71. The third kappa shape index (κ3) is 3.73. The Kier molecular flexibility index (Phi) is 4.49. The number of nitrogens with one attached hydrogen (secondary N) is 1. The van der Waals surface area contributed by atoms with Crippen LogP contribution in [-0.2, 0) is 0 Å². The second-order valence-corrected chi connectivity index (χ2v) is 4.71. The molecular formula is C13H21N3O. The lowest BCUT2D eigenvalue weighted by atomic mass is 10.1. The van der Waals surface area contributed by atoms with E-state index in [2.05, 4.69) is 18.8 Å². The van der Waals surface area contributed by atoms with Gasteiger partial charge in [0, 0.05) is 5.69 Å². The van der Waals surface area contributed by atoms with Gasteiger partial charge in [-0.2, -0.15) is 0 Å². The van der Waals surface area contributed by atoms with E-state index in [1.54, 1.807) is 0 Å². The van der Waals surface area contributed by atoms with E-state index < -0.39 is 0 Å². The number of pyridine rings is 1. The molecule has 0 saturated heterocycles. The van der Waals surface area contributed by atoms with Crippen molar-refractivity contribution in [3.8, 4) is 5.88 Å². The molecule has 0 spiro atoms. The van der Waals surface area contributed by atoms with Gasteiger partial charge >= 0.3 is 0 Å². The Morgan fingerprint density at radius 3 is 2.65 bits per heavy atom. The minimum atomic E-state index is 0.00884. The molecule has 1 heterocycles. The molecule has 0 fully saturated rings. The van der Waals surface area contributed by atoms with Gasteiger partial charge in [-0.1, -0.05) is 13.8 Å². The van der Waals surface area contributed by atoms with Crippen molar-refractivity contribution in [1.82, 2.24) is 4.98 Å². The predicted molar refractivity (Wildman–Crippen MR) is 69.7 cm³/mol. The lowest BCUT2D eigenvalue weighted by molar-refractivity contribution is 0.278. The summed E-state index contributed by atoms with van der Waals surface area (Å²) in [6.45, 7) is 8.72. The summed E-state index contributed by atoms with van der Waals surface area (Å²) in [5.74, 6) is 1.08. The van der Waals surface area contributed by atoms with E-state index in [0.29, 0.717) is 24.0 Å². The highest BCUT2D eigenvalue weighted by Gasteiger charge is 2.13. The van der Waals surface area contributed by atoms with Crippen LogP contribution in [0.1, 0.15) is 37.1 Å². The van der Waals surface area contributed by atoms with E-state index in [9.17, 15) is 0 Å². The quantitative estimate of drug-likeness (QED) is 0.608. The highest BCUT2D eigenvalue weighted by molar-refractivity contribution is 5.98. The van der Waals surface area contributed by atoms with Crippen molar-refractivity contribution in [3.63, 3.8) is 0 Å². The van der Waals surface area contributed by atoms with Crippen LogP contribution in [-0.4, -0.2) is 17.4 Å². The Labute approximate surface area is 103 Å². The maximum atomic E-state index is 7.57. The summed E-state index contributed by atoms with van der Waals surface area (Å²) >= 11 is 0. The van der Waals surface area contributed by atoms with Crippen molar-refractivity contribution < 1.29 is 4.74 Å². The molecule has 0 radical (unpaired) electrons. The van der Waals surface area contributed by atoms with Crippen LogP contribution in [0.2, 0.25) is 0 Å². The summed E-state index contributed by atoms with van der Waals surface area (Å²) in [5.41, 5.74) is 7.99. The van der Waals surface area contributed by atoms with E-state index in [4.69, 9.17) is 15.9 Å². The molecule has 0 aromatic carbocycles. The first-order valence-corrected chi connectivity index (χ1v) is 5.87. The molecule has 0 unspecified atom stereocenters. The zero-order valence-electron chi connectivity index (χ0n) is 11.0. The lowest BCUT2D eigenvalue weighted by Crippen LogP contribution is -2.17. The summed E-state index contributed by atoms with van der Waals surface area (Å²) in [4.78, 5) is 4.31. The Morgan fingerprint density at radius 2 is 2.12 bits per heavy atom. The zero-order valence-corrected chi connectivity index (χ0v) is 11.0. The normalized spacial score (nSPS) is 10.6. The number of amidine groups is 1. The molecule has 0 bridgehead atoms. The number of ether oxygens (including phenoxy) is 1. The predicted octanol–water partition coefficient (Wildman–Crippen LogP) is 2.41. The van der Waals surface area contributed by atoms with Crippen LogP contribution in [0.25, 0.3) is 0 Å². The standard InChI is InChI=1S/C13H21N3O/c1-8(2)5-6-17-13-11(12(14)15)9(3)7-10(4)16-13/h7-8H,5-6H2,1-4H3,(H3,14,15). The average Bonchev–Trinajstić information content (AvgIpc) is 2.14. The number of aromatic nitrogens is 1. The van der Waals surface area contributed by atoms with Crippen LogP contribution in [0.15, 0.2) is 6.07 Å². The molecule has 1 aromatic heterocycles. The third-order valence-electron chi connectivity index (χ3n) is 2.51. The molecule has 17 heavy (non-hydrogen) atoms. The van der Waals surface area contributed by atoms with Crippen molar-refractivity contribution >= 4 is 5.84 Å². The lowest BCUT2D eigenvalue weighted by Gasteiger charge is -2.13. The summed E-state index contributed by atoms with van der Waals surface area (Å²) < 4.78 is 5.64. The average molecular weight is 235 g/mol. The van der Waals surface area contributed by atoms with Crippen LogP contribution in [0, 0.1) is 25.2 Å². The van der Waals surface area contributed by atoms with Crippen LogP contribution >= 0.6 is 0 Å². The largest absolute Gasteiger partial charge is 0.477 e. The van der Waals surface area contributed by atoms with E-state index >= 15 is 0 Å². The molecule has 4 heteroatoms. The van der Waals surface area contributed by atoms with Gasteiger partial charge in [-0.15, -0.1) is 0 Å². The first kappa shape index (κ1) is 13.5. The third-order valence-corrected chi connectivity index (χ3v) is 2.51. The number of hydrogen-bond donors (Lipinski definition) is 2. The fraction of sp³-hybridized carbons (Fsp3) is 0.538. The topological polar surface area (TPSA) is 72.0 Å². The highest BCUT2D eigenvalue weighted by atomic mass is 16.5. The minimum absolute atomic E-state index is 0.00884. The Balaban J connectivity index is 2.92. The smallest absolute Gasteiger partial charge is 0.224 e. The fourth-order valence-corrected chi connectivity index (χ4v) is 1.63. The van der Waals surface area contributed by atoms with Crippen LogP contribution in [0.4, 0.5) is 0 Å². The first-order valence-electron chi connectivity index (χ1n) is 5.87. The Morgan fingerprint density at radius 1 is 1.47 bits per heavy atom. The summed E-state index contributed by atoms with van der Waals surface area (Å²) in [6, 6.07) is 1.91. The number of aryl methyl sites for hydroxylation is 2. The van der Waals surface area contributed by atoms with E-state index in [0.717, 1.165) is 17.7 Å². The van der Waals surface area contributed by atoms with Gasteiger partial charge in [0.15, 0.2) is 0 Å². The number of nitrogen functional groups attached to an aromatic ring is 1. The second kappa shape index (κ2) is 5.66. The monoisotopic (exact) mass is 235 g/mol. The van der Waals surface area contributed by atoms with Crippen molar-refractivity contribution in [2.45, 2.75) is 34.1 Å². The van der Waals surface area contributed by atoms with Crippen molar-refractivity contribution in [2.75, 3.05) is 6.61 Å². The van der Waals surface area contributed by atoms with Gasteiger partial charge < -0.3 is 10.5 Å². The molecule has 1 rings (SSSR count). The fourth-order valence-electron chi connectivity index (χ4n) is 1.63. The van der Waals surface area contributed by atoms with E-state index in [1.807, 2.05) is 19.9 Å². The van der Waals surface area contributed by atoms with Gasteiger partial charge in [-0.25, -0.2) is 4.98 Å². The van der Waals surface area contributed by atoms with E-state index in [-0.39, 0.29) is 5.84 Å². The van der Waals surface area contributed by atoms with Crippen molar-refractivity contribution in [1.29, 1.82) is 5.41 Å². The SMILES string of the molecule is Cc1cc(C)c(C(=N)N)c(OCCC(C)C)n1. The summed E-state index contributed by atoms with van der Waals surface area (Å²) in [7, 11) is 0. The van der Waals surface area contributed by atoms with Gasteiger partial charge in [-0.3, -0.25) is 5.41 Å². The van der Waals surface area contributed by atoms with Crippen molar-refractivity contribution in [2.24, 2.45) is 11.7 Å². The summed E-state index contributed by atoms with van der Waals surface area (Å²) in [5, 5.41) is 7.57. The molecule has 4 nitrogen and oxygen atoms in total.